The number of hydrogen-bond donors (Lipinski definition) is 1. The van der Waals surface area contributed by atoms with Crippen LogP contribution >= 0.6 is 11.6 Å². The molecule has 3 aliphatic rings. The molecule has 0 radical (unpaired) electrons. The van der Waals surface area contributed by atoms with Gasteiger partial charge in [0.25, 0.3) is 5.91 Å². The number of amides is 1. The van der Waals surface area contributed by atoms with Crippen molar-refractivity contribution in [1.29, 1.82) is 0 Å². The quantitative estimate of drug-likeness (QED) is 0.853. The second-order valence-electron chi connectivity index (χ2n) is 7.15. The Labute approximate surface area is 147 Å². The zero-order valence-electron chi connectivity index (χ0n) is 13.2. The van der Waals surface area contributed by atoms with Crippen LogP contribution in [0.5, 0.6) is 5.75 Å². The smallest absolute Gasteiger partial charge is 0.258 e. The lowest BCUT2D eigenvalue weighted by Gasteiger charge is -2.09. The first-order valence-electron chi connectivity index (χ1n) is 8.24. The molecule has 0 saturated heterocycles. The minimum absolute atomic E-state index is 0.0153. The number of nitrogens with one attached hydrogen (secondary N) is 1. The summed E-state index contributed by atoms with van der Waals surface area (Å²) in [4.78, 5) is 12.1. The van der Waals surface area contributed by atoms with Gasteiger partial charge in [-0.2, -0.15) is 0 Å². The summed E-state index contributed by atoms with van der Waals surface area (Å²) in [6, 6.07) is 4.07. The summed E-state index contributed by atoms with van der Waals surface area (Å²) in [5.74, 6) is 1.21. The lowest BCUT2D eigenvalue weighted by atomic mass is 10.2. The molecule has 0 spiro atoms. The van der Waals surface area contributed by atoms with E-state index in [0.29, 0.717) is 11.8 Å². The van der Waals surface area contributed by atoms with Crippen molar-refractivity contribution in [3.05, 3.63) is 40.8 Å². The summed E-state index contributed by atoms with van der Waals surface area (Å²) in [5.41, 5.74) is -0.457. The fourth-order valence-electron chi connectivity index (χ4n) is 3.40. The number of carbonyl (C=O) groups excluding carboxylic acids is 1. The van der Waals surface area contributed by atoms with Crippen molar-refractivity contribution in [2.45, 2.75) is 42.6 Å². The molecule has 1 N–H and O–H groups in total. The number of hydrogen-bond acceptors (Lipinski definition) is 5. The highest BCUT2D eigenvalue weighted by atomic mass is 35.5. The fourth-order valence-corrected chi connectivity index (χ4v) is 3.51. The Balaban J connectivity index is 1.18. The van der Waals surface area contributed by atoms with Crippen molar-refractivity contribution in [2.24, 2.45) is 0 Å². The van der Waals surface area contributed by atoms with Gasteiger partial charge in [0.2, 0.25) is 11.8 Å². The van der Waals surface area contributed by atoms with Crippen LogP contribution in [0.3, 0.4) is 0 Å². The van der Waals surface area contributed by atoms with Gasteiger partial charge < -0.3 is 14.5 Å². The van der Waals surface area contributed by atoms with E-state index in [4.69, 9.17) is 20.8 Å². The molecule has 3 saturated carbocycles. The summed E-state index contributed by atoms with van der Waals surface area (Å²) in [6.07, 6.45) is 3.85. The Kier molecular flexibility index (Phi) is 2.99. The normalized spacial score (nSPS) is 29.0. The van der Waals surface area contributed by atoms with Crippen LogP contribution in [-0.2, 0) is 10.2 Å². The molecule has 3 fully saturated rings. The third kappa shape index (κ3) is 2.40. The summed E-state index contributed by atoms with van der Waals surface area (Å²) in [6.45, 7) is -0.184. The highest BCUT2D eigenvalue weighted by molar-refractivity contribution is 6.30. The first-order valence-corrected chi connectivity index (χ1v) is 8.62. The average molecular weight is 364 g/mol. The Hall–Kier alpha value is -2.15. The van der Waals surface area contributed by atoms with E-state index in [2.05, 4.69) is 15.5 Å². The summed E-state index contributed by atoms with van der Waals surface area (Å²) >= 11 is 5.61. The Morgan fingerprint density at radius 1 is 1.40 bits per heavy atom. The SMILES string of the molecule is O=C(COc1ccc(Cl)c(F)c1)NC12CC1(c1nnc(C3CC3)o1)C2. The number of nitrogens with zero attached hydrogens (tertiary/aromatic N) is 2. The number of fused-ring (bicyclic) bond motifs is 1. The van der Waals surface area contributed by atoms with Gasteiger partial charge in [-0.1, -0.05) is 11.6 Å². The maximum atomic E-state index is 13.4. The van der Waals surface area contributed by atoms with Crippen LogP contribution in [-0.4, -0.2) is 28.3 Å². The van der Waals surface area contributed by atoms with E-state index in [0.717, 1.165) is 37.6 Å². The molecule has 0 aliphatic heterocycles. The van der Waals surface area contributed by atoms with E-state index in [1.165, 1.54) is 12.1 Å². The molecule has 1 heterocycles. The van der Waals surface area contributed by atoms with E-state index in [1.54, 1.807) is 0 Å². The molecule has 1 aromatic heterocycles. The van der Waals surface area contributed by atoms with E-state index in [-0.39, 0.29) is 34.2 Å². The Morgan fingerprint density at radius 3 is 2.92 bits per heavy atom. The molecule has 0 atom stereocenters. The van der Waals surface area contributed by atoms with Crippen LogP contribution in [0.4, 0.5) is 4.39 Å². The van der Waals surface area contributed by atoms with Gasteiger partial charge >= 0.3 is 0 Å². The third-order valence-electron chi connectivity index (χ3n) is 5.29. The zero-order chi connectivity index (χ0) is 17.2. The van der Waals surface area contributed by atoms with Gasteiger partial charge in [0.1, 0.15) is 11.6 Å². The van der Waals surface area contributed by atoms with Crippen LogP contribution in [0.1, 0.15) is 43.4 Å². The highest BCUT2D eigenvalue weighted by Crippen LogP contribution is 2.78. The van der Waals surface area contributed by atoms with E-state index in [9.17, 15) is 9.18 Å². The molecule has 1 amide bonds. The van der Waals surface area contributed by atoms with E-state index in [1.807, 2.05) is 0 Å². The monoisotopic (exact) mass is 363 g/mol. The summed E-state index contributed by atoms with van der Waals surface area (Å²) < 4.78 is 24.5. The number of benzene rings is 1. The van der Waals surface area contributed by atoms with Gasteiger partial charge in [0.15, 0.2) is 6.61 Å². The maximum Gasteiger partial charge on any atom is 0.258 e. The van der Waals surface area contributed by atoms with Crippen molar-refractivity contribution >= 4 is 17.5 Å². The first kappa shape index (κ1) is 15.1. The van der Waals surface area contributed by atoms with Crippen LogP contribution in [0.2, 0.25) is 5.02 Å². The minimum Gasteiger partial charge on any atom is -0.484 e. The predicted octanol–water partition coefficient (Wildman–Crippen LogP) is 2.72. The van der Waals surface area contributed by atoms with Gasteiger partial charge in [-0.05, 0) is 37.8 Å². The van der Waals surface area contributed by atoms with E-state index < -0.39 is 5.82 Å². The molecule has 25 heavy (non-hydrogen) atoms. The van der Waals surface area contributed by atoms with Crippen molar-refractivity contribution in [1.82, 2.24) is 15.5 Å². The predicted molar refractivity (Wildman–Crippen MR) is 85.0 cm³/mol. The molecule has 6 nitrogen and oxygen atoms in total. The first-order chi connectivity index (χ1) is 12.0. The van der Waals surface area contributed by atoms with Gasteiger partial charge in [-0.25, -0.2) is 4.39 Å². The summed E-state index contributed by atoms with van der Waals surface area (Å²) in [5, 5.41) is 11.3. The Bertz CT molecular complexity index is 874. The fraction of sp³-hybridized carbons (Fsp3) is 0.471. The molecule has 0 unspecified atom stereocenters. The summed E-state index contributed by atoms with van der Waals surface area (Å²) in [7, 11) is 0. The van der Waals surface area contributed by atoms with Gasteiger partial charge in [-0.3, -0.25) is 4.79 Å². The van der Waals surface area contributed by atoms with Crippen LogP contribution in [0.25, 0.3) is 0 Å². The lowest BCUT2D eigenvalue weighted by Crippen LogP contribution is -2.34. The molecule has 5 rings (SSSR count). The minimum atomic E-state index is -0.579. The van der Waals surface area contributed by atoms with Gasteiger partial charge in [-0.15, -0.1) is 10.2 Å². The van der Waals surface area contributed by atoms with Crippen molar-refractivity contribution in [3.8, 4) is 5.75 Å². The third-order valence-corrected chi connectivity index (χ3v) is 5.60. The molecule has 130 valence electrons. The van der Waals surface area contributed by atoms with Gasteiger partial charge in [0, 0.05) is 12.0 Å². The largest absolute Gasteiger partial charge is 0.484 e. The number of halogens is 2. The van der Waals surface area contributed by atoms with Gasteiger partial charge in [0.05, 0.1) is 16.0 Å². The van der Waals surface area contributed by atoms with Crippen molar-refractivity contribution in [2.75, 3.05) is 6.61 Å². The van der Waals surface area contributed by atoms with Crippen molar-refractivity contribution < 1.29 is 18.3 Å². The maximum absolute atomic E-state index is 13.4. The second kappa shape index (κ2) is 4.94. The van der Waals surface area contributed by atoms with Crippen LogP contribution in [0, 0.1) is 5.82 Å². The molecule has 2 aromatic rings. The van der Waals surface area contributed by atoms with Crippen molar-refractivity contribution in [3.63, 3.8) is 0 Å². The lowest BCUT2D eigenvalue weighted by molar-refractivity contribution is -0.123. The molecule has 3 aliphatic carbocycles. The average Bonchev–Trinajstić information content (AvgIpc) is 3.51. The van der Waals surface area contributed by atoms with Crippen LogP contribution in [0.15, 0.2) is 22.6 Å². The number of aromatic nitrogens is 2. The number of rotatable bonds is 6. The molecular weight excluding hydrogens is 349 g/mol. The molecule has 8 heteroatoms. The topological polar surface area (TPSA) is 77.2 Å². The number of ether oxygens (including phenoxy) is 1. The molecular formula is C17H15ClFN3O3. The molecule has 1 aromatic carbocycles. The zero-order valence-corrected chi connectivity index (χ0v) is 14.0. The standard InChI is InChI=1S/C17H15ClFN3O3/c18-11-4-3-10(5-12(11)19)24-6-13(23)20-17-7-16(17,8-17)15-22-21-14(25-15)9-1-2-9/h3-5,9H,1-2,6-8H2,(H,20,23). The van der Waals surface area contributed by atoms with E-state index >= 15 is 0 Å². The second-order valence-corrected chi connectivity index (χ2v) is 7.56. The highest BCUT2D eigenvalue weighted by Gasteiger charge is 2.87. The van der Waals surface area contributed by atoms with Crippen LogP contribution < -0.4 is 10.1 Å². The Morgan fingerprint density at radius 2 is 2.20 bits per heavy atom. The molecule has 0 bridgehead atoms. The number of carbonyl (C=O) groups is 1.